The molecular formula is C24H27N3O2. The summed E-state index contributed by atoms with van der Waals surface area (Å²) in [5.74, 6) is -0.124. The van der Waals surface area contributed by atoms with Gasteiger partial charge in [0.2, 0.25) is 0 Å². The minimum atomic E-state index is -0.918. The SMILES string of the molecule is O=C(O)c1ccc(-c2cc(NCCCC3CCCNC3)c3ccccc3n2)cc1. The molecule has 5 heteroatoms. The van der Waals surface area contributed by atoms with Crippen molar-refractivity contribution in [1.82, 2.24) is 10.3 Å². The smallest absolute Gasteiger partial charge is 0.335 e. The van der Waals surface area contributed by atoms with Crippen LogP contribution in [0.2, 0.25) is 0 Å². The Kier molecular flexibility index (Phi) is 6.06. The molecule has 0 aliphatic carbocycles. The monoisotopic (exact) mass is 389 g/mol. The van der Waals surface area contributed by atoms with Gasteiger partial charge in [-0.3, -0.25) is 0 Å². The first-order valence-corrected chi connectivity index (χ1v) is 10.4. The van der Waals surface area contributed by atoms with Crippen molar-refractivity contribution in [3.05, 3.63) is 60.2 Å². The van der Waals surface area contributed by atoms with Gasteiger partial charge in [0.05, 0.1) is 16.8 Å². The van der Waals surface area contributed by atoms with Crippen molar-refractivity contribution in [2.24, 2.45) is 5.92 Å². The third-order valence-corrected chi connectivity index (χ3v) is 5.65. The maximum atomic E-state index is 11.1. The van der Waals surface area contributed by atoms with Gasteiger partial charge in [0.1, 0.15) is 0 Å². The van der Waals surface area contributed by atoms with Gasteiger partial charge in [0.25, 0.3) is 0 Å². The first kappa shape index (κ1) is 19.4. The first-order valence-electron chi connectivity index (χ1n) is 10.4. The van der Waals surface area contributed by atoms with E-state index in [-0.39, 0.29) is 5.56 Å². The highest BCUT2D eigenvalue weighted by Crippen LogP contribution is 2.28. The van der Waals surface area contributed by atoms with Gasteiger partial charge in [-0.25, -0.2) is 9.78 Å². The van der Waals surface area contributed by atoms with Crippen LogP contribution in [0.25, 0.3) is 22.2 Å². The van der Waals surface area contributed by atoms with Crippen LogP contribution < -0.4 is 10.6 Å². The number of aromatic carboxylic acids is 1. The Labute approximate surface area is 171 Å². The van der Waals surface area contributed by atoms with Gasteiger partial charge in [0.15, 0.2) is 0 Å². The molecule has 4 rings (SSSR count). The number of anilines is 1. The standard InChI is InChI=1S/C24H27N3O2/c28-24(29)19-11-9-18(10-12-19)22-15-23(20-7-1-2-8-21(20)27-22)26-14-4-6-17-5-3-13-25-16-17/h1-2,7-12,15,17,25H,3-6,13-14,16H2,(H,26,27)(H,28,29). The maximum absolute atomic E-state index is 11.1. The number of carboxylic acid groups (broad SMARTS) is 1. The predicted molar refractivity (Wildman–Crippen MR) is 117 cm³/mol. The minimum absolute atomic E-state index is 0.282. The van der Waals surface area contributed by atoms with E-state index < -0.39 is 5.97 Å². The Hall–Kier alpha value is -2.92. The molecule has 3 aromatic rings. The Balaban J connectivity index is 1.51. The zero-order chi connectivity index (χ0) is 20.1. The van der Waals surface area contributed by atoms with Crippen LogP contribution in [-0.2, 0) is 0 Å². The van der Waals surface area contributed by atoms with E-state index in [0.717, 1.165) is 59.8 Å². The van der Waals surface area contributed by atoms with Gasteiger partial charge in [0, 0.05) is 23.2 Å². The summed E-state index contributed by atoms with van der Waals surface area (Å²) in [7, 11) is 0. The molecule has 1 saturated heterocycles. The number of carboxylic acids is 1. The van der Waals surface area contributed by atoms with E-state index in [1.54, 1.807) is 12.1 Å². The molecule has 1 aromatic heterocycles. The topological polar surface area (TPSA) is 74.2 Å². The molecule has 1 atom stereocenters. The molecule has 1 aliphatic rings. The minimum Gasteiger partial charge on any atom is -0.478 e. The summed E-state index contributed by atoms with van der Waals surface area (Å²) in [4.78, 5) is 15.9. The number of fused-ring (bicyclic) bond motifs is 1. The highest BCUT2D eigenvalue weighted by Gasteiger charge is 2.13. The van der Waals surface area contributed by atoms with Gasteiger partial charge in [-0.05, 0) is 69.0 Å². The van der Waals surface area contributed by atoms with Crippen molar-refractivity contribution in [2.75, 3.05) is 25.0 Å². The molecule has 3 N–H and O–H groups in total. The van der Waals surface area contributed by atoms with Crippen molar-refractivity contribution in [3.63, 3.8) is 0 Å². The van der Waals surface area contributed by atoms with Gasteiger partial charge in [-0.1, -0.05) is 30.3 Å². The Morgan fingerprint density at radius 1 is 1.17 bits per heavy atom. The Morgan fingerprint density at radius 2 is 2.00 bits per heavy atom. The van der Waals surface area contributed by atoms with Crippen LogP contribution in [0, 0.1) is 5.92 Å². The second kappa shape index (κ2) is 9.05. The van der Waals surface area contributed by atoms with Crippen molar-refractivity contribution in [1.29, 1.82) is 0 Å². The number of pyridine rings is 1. The summed E-state index contributed by atoms with van der Waals surface area (Å²) in [5.41, 5.74) is 4.06. The number of para-hydroxylation sites is 1. The summed E-state index contributed by atoms with van der Waals surface area (Å²) < 4.78 is 0. The summed E-state index contributed by atoms with van der Waals surface area (Å²) in [6.45, 7) is 3.24. The van der Waals surface area contributed by atoms with Crippen LogP contribution in [0.3, 0.4) is 0 Å². The van der Waals surface area contributed by atoms with E-state index in [1.165, 1.54) is 19.3 Å². The van der Waals surface area contributed by atoms with Crippen LogP contribution in [0.4, 0.5) is 5.69 Å². The molecule has 0 amide bonds. The van der Waals surface area contributed by atoms with Crippen LogP contribution in [-0.4, -0.2) is 35.7 Å². The molecule has 0 spiro atoms. The lowest BCUT2D eigenvalue weighted by Gasteiger charge is -2.22. The maximum Gasteiger partial charge on any atom is 0.335 e. The molecule has 5 nitrogen and oxygen atoms in total. The van der Waals surface area contributed by atoms with Crippen molar-refractivity contribution in [2.45, 2.75) is 25.7 Å². The van der Waals surface area contributed by atoms with Crippen LogP contribution in [0.15, 0.2) is 54.6 Å². The van der Waals surface area contributed by atoms with E-state index in [4.69, 9.17) is 10.1 Å². The van der Waals surface area contributed by atoms with Crippen molar-refractivity contribution in [3.8, 4) is 11.3 Å². The van der Waals surface area contributed by atoms with Gasteiger partial charge in [-0.2, -0.15) is 0 Å². The van der Waals surface area contributed by atoms with E-state index in [9.17, 15) is 4.79 Å². The lowest BCUT2D eigenvalue weighted by atomic mass is 9.95. The third-order valence-electron chi connectivity index (χ3n) is 5.65. The number of rotatable bonds is 7. The molecule has 2 aromatic carbocycles. The zero-order valence-electron chi connectivity index (χ0n) is 16.5. The number of hydrogen-bond acceptors (Lipinski definition) is 4. The molecular weight excluding hydrogens is 362 g/mol. The molecule has 1 unspecified atom stereocenters. The van der Waals surface area contributed by atoms with E-state index >= 15 is 0 Å². The van der Waals surface area contributed by atoms with Crippen LogP contribution >= 0.6 is 0 Å². The van der Waals surface area contributed by atoms with Gasteiger partial charge in [-0.15, -0.1) is 0 Å². The average Bonchev–Trinajstić information content (AvgIpc) is 2.77. The fraction of sp³-hybridized carbons (Fsp3) is 0.333. The molecule has 1 fully saturated rings. The first-order chi connectivity index (χ1) is 14.2. The molecule has 150 valence electrons. The van der Waals surface area contributed by atoms with Gasteiger partial charge >= 0.3 is 5.97 Å². The third kappa shape index (κ3) is 4.74. The van der Waals surface area contributed by atoms with E-state index in [0.29, 0.717) is 0 Å². The molecule has 1 aliphatic heterocycles. The highest BCUT2D eigenvalue weighted by atomic mass is 16.4. The lowest BCUT2D eigenvalue weighted by molar-refractivity contribution is 0.0697. The molecule has 0 saturated carbocycles. The number of nitrogens with one attached hydrogen (secondary N) is 2. The highest BCUT2D eigenvalue weighted by molar-refractivity contribution is 5.94. The van der Waals surface area contributed by atoms with Gasteiger partial charge < -0.3 is 15.7 Å². The number of carbonyl (C=O) groups is 1. The molecule has 29 heavy (non-hydrogen) atoms. The summed E-state index contributed by atoms with van der Waals surface area (Å²) in [6.07, 6.45) is 5.01. The average molecular weight is 389 g/mol. The largest absolute Gasteiger partial charge is 0.478 e. The summed E-state index contributed by atoms with van der Waals surface area (Å²) >= 11 is 0. The number of piperidine rings is 1. The second-order valence-electron chi connectivity index (χ2n) is 7.74. The number of benzene rings is 2. The van der Waals surface area contributed by atoms with Crippen molar-refractivity contribution >= 4 is 22.6 Å². The lowest BCUT2D eigenvalue weighted by Crippen LogP contribution is -2.29. The van der Waals surface area contributed by atoms with Crippen LogP contribution in [0.1, 0.15) is 36.0 Å². The zero-order valence-corrected chi connectivity index (χ0v) is 16.5. The predicted octanol–water partition coefficient (Wildman–Crippen LogP) is 4.79. The number of nitrogens with zero attached hydrogens (tertiary/aromatic N) is 1. The molecule has 0 bridgehead atoms. The normalized spacial score (nSPS) is 16.6. The fourth-order valence-corrected chi connectivity index (χ4v) is 4.04. The summed E-state index contributed by atoms with van der Waals surface area (Å²) in [5, 5.41) is 17.3. The van der Waals surface area contributed by atoms with E-state index in [1.807, 2.05) is 30.3 Å². The quantitative estimate of drug-likeness (QED) is 0.507. The van der Waals surface area contributed by atoms with E-state index in [2.05, 4.69) is 22.8 Å². The number of aromatic nitrogens is 1. The molecule has 2 heterocycles. The van der Waals surface area contributed by atoms with Crippen LogP contribution in [0.5, 0.6) is 0 Å². The second-order valence-corrected chi connectivity index (χ2v) is 7.74. The van der Waals surface area contributed by atoms with Crippen molar-refractivity contribution < 1.29 is 9.90 Å². The molecule has 0 radical (unpaired) electrons. The fourth-order valence-electron chi connectivity index (χ4n) is 4.04. The number of hydrogen-bond donors (Lipinski definition) is 3. The summed E-state index contributed by atoms with van der Waals surface area (Å²) in [6, 6.07) is 17.1. The Morgan fingerprint density at radius 3 is 2.76 bits per heavy atom. The Bertz CT molecular complexity index is 979.